The second kappa shape index (κ2) is 4.91. The molecule has 0 aromatic heterocycles. The molecule has 17 heavy (non-hydrogen) atoms. The number of likely N-dealkylation sites (N-methyl/N-ethyl adjacent to an activating group) is 1. The number of hydrogen-bond donors (Lipinski definition) is 2. The summed E-state index contributed by atoms with van der Waals surface area (Å²) in [7, 11) is 1.17. The Labute approximate surface area is 103 Å². The van der Waals surface area contributed by atoms with E-state index in [1.165, 1.54) is 0 Å². The fourth-order valence-corrected chi connectivity index (χ4v) is 3.03. The number of hydrogen-bond acceptors (Lipinski definition) is 3. The third-order valence-corrected chi connectivity index (χ3v) is 3.47. The molecule has 2 N–H and O–H groups in total. The van der Waals surface area contributed by atoms with Gasteiger partial charge in [0, 0.05) is 5.41 Å². The van der Waals surface area contributed by atoms with E-state index in [1.54, 1.807) is 35.0 Å². The van der Waals surface area contributed by atoms with Crippen LogP contribution in [0.25, 0.3) is 0 Å². The zero-order valence-electron chi connectivity index (χ0n) is 11.0. The number of aliphatic carboxylic acids is 1. The monoisotopic (exact) mass is 268 g/mol. The van der Waals surface area contributed by atoms with Crippen molar-refractivity contribution in [3.63, 3.8) is 0 Å². The lowest BCUT2D eigenvalue weighted by Crippen LogP contribution is -2.57. The van der Waals surface area contributed by atoms with E-state index < -0.39 is 33.3 Å². The van der Waals surface area contributed by atoms with Crippen molar-refractivity contribution in [1.29, 1.82) is 0 Å². The third-order valence-electron chi connectivity index (χ3n) is 2.75. The summed E-state index contributed by atoms with van der Waals surface area (Å²) >= 11 is 0. The molecule has 0 spiro atoms. The van der Waals surface area contributed by atoms with Crippen molar-refractivity contribution >= 4 is 16.1 Å². The van der Waals surface area contributed by atoms with Gasteiger partial charge in [0.15, 0.2) is 6.04 Å². The van der Waals surface area contributed by atoms with E-state index in [4.69, 9.17) is 4.55 Å². The van der Waals surface area contributed by atoms with Gasteiger partial charge in [-0.05, 0) is 6.42 Å². The Bertz CT molecular complexity index is 380. The fraction of sp³-hybridized carbons (Fsp3) is 0.900. The largest absolute Gasteiger partial charge is 0.477 e. The topological polar surface area (TPSA) is 91.7 Å². The van der Waals surface area contributed by atoms with Crippen LogP contribution in [0.2, 0.25) is 0 Å². The maximum Gasteiger partial charge on any atom is 0.363 e. The Hall–Kier alpha value is -0.660. The molecule has 0 heterocycles. The minimum Gasteiger partial charge on any atom is -0.477 e. The van der Waals surface area contributed by atoms with Gasteiger partial charge in [-0.25, -0.2) is 4.79 Å². The van der Waals surface area contributed by atoms with Crippen LogP contribution in [-0.4, -0.2) is 61.5 Å². The number of nitrogens with zero attached hydrogens (tertiary/aromatic N) is 1. The molecule has 0 radical (unpaired) electrons. The third kappa shape index (κ3) is 5.47. The van der Waals surface area contributed by atoms with E-state index in [2.05, 4.69) is 0 Å². The van der Waals surface area contributed by atoms with Crippen molar-refractivity contribution in [3.05, 3.63) is 0 Å². The normalized spacial score (nSPS) is 15.6. The highest BCUT2D eigenvalue weighted by atomic mass is 32.2. The molecule has 0 fully saturated rings. The van der Waals surface area contributed by atoms with E-state index in [9.17, 15) is 18.3 Å². The molecule has 0 aromatic rings. The van der Waals surface area contributed by atoms with E-state index in [-0.39, 0.29) is 10.9 Å². The van der Waals surface area contributed by atoms with Gasteiger partial charge in [0.2, 0.25) is 0 Å². The van der Waals surface area contributed by atoms with Gasteiger partial charge < -0.3 is 9.59 Å². The number of quaternary nitrogens is 1. The van der Waals surface area contributed by atoms with Crippen molar-refractivity contribution in [1.82, 2.24) is 0 Å². The Morgan fingerprint density at radius 2 is 1.71 bits per heavy atom. The number of carbonyl (C=O) groups is 1. The maximum absolute atomic E-state index is 11.3. The van der Waals surface area contributed by atoms with E-state index in [0.717, 1.165) is 0 Å². The second-order valence-corrected chi connectivity index (χ2v) is 7.45. The quantitative estimate of drug-likeness (QED) is 0.539. The molecule has 6 nitrogen and oxygen atoms in total. The van der Waals surface area contributed by atoms with Crippen molar-refractivity contribution in [2.75, 3.05) is 26.9 Å². The van der Waals surface area contributed by atoms with E-state index in [0.29, 0.717) is 0 Å². The summed E-state index contributed by atoms with van der Waals surface area (Å²) in [5.41, 5.74) is -0.736. The second-order valence-electron chi connectivity index (χ2n) is 5.88. The molecule has 0 saturated heterocycles. The van der Waals surface area contributed by atoms with Gasteiger partial charge in [0.25, 0.3) is 10.1 Å². The first-order valence-electron chi connectivity index (χ1n) is 5.26. The van der Waals surface area contributed by atoms with Gasteiger partial charge in [0.05, 0.1) is 26.9 Å². The predicted molar refractivity (Wildman–Crippen MR) is 64.3 cm³/mol. The van der Waals surface area contributed by atoms with E-state index >= 15 is 0 Å². The average molecular weight is 268 g/mol. The van der Waals surface area contributed by atoms with Crippen LogP contribution in [0, 0.1) is 5.41 Å². The Morgan fingerprint density at radius 1 is 1.29 bits per heavy atom. The van der Waals surface area contributed by atoms with Crippen LogP contribution in [-0.2, 0) is 14.9 Å². The highest BCUT2D eigenvalue weighted by molar-refractivity contribution is 7.85. The molecule has 0 aliphatic carbocycles. The average Bonchev–Trinajstić information content (AvgIpc) is 1.94. The standard InChI is InChI=1S/C10H21NO5S/c1-10(2,6-7-17(14,15)16)8(9(12)13)11(3,4)5/h8H,6-7H2,1-5H3,(H-,12,13,14,15,16)/p+1. The number of carboxylic acids is 1. The molecule has 0 amide bonds. The molecular weight excluding hydrogens is 246 g/mol. The van der Waals surface area contributed by atoms with Crippen LogP contribution in [0.3, 0.4) is 0 Å². The van der Waals surface area contributed by atoms with Crippen LogP contribution in [0.15, 0.2) is 0 Å². The van der Waals surface area contributed by atoms with Crippen molar-refractivity contribution in [3.8, 4) is 0 Å². The molecular formula is C10H22NO5S+. The van der Waals surface area contributed by atoms with Crippen LogP contribution in [0.1, 0.15) is 20.3 Å². The molecule has 0 aliphatic heterocycles. The predicted octanol–water partition coefficient (Wildman–Crippen LogP) is 0.450. The summed E-state index contributed by atoms with van der Waals surface area (Å²) in [5.74, 6) is -1.40. The molecule has 0 bridgehead atoms. The number of carboxylic acid groups (broad SMARTS) is 1. The number of rotatable bonds is 6. The van der Waals surface area contributed by atoms with Gasteiger partial charge in [-0.1, -0.05) is 13.8 Å². The highest BCUT2D eigenvalue weighted by Crippen LogP contribution is 2.31. The first-order chi connectivity index (χ1) is 7.27. The van der Waals surface area contributed by atoms with Gasteiger partial charge >= 0.3 is 5.97 Å². The zero-order valence-corrected chi connectivity index (χ0v) is 11.8. The highest BCUT2D eigenvalue weighted by Gasteiger charge is 2.45. The Morgan fingerprint density at radius 3 is 1.94 bits per heavy atom. The van der Waals surface area contributed by atoms with Gasteiger partial charge in [-0.2, -0.15) is 8.42 Å². The molecule has 1 unspecified atom stereocenters. The van der Waals surface area contributed by atoms with E-state index in [1.807, 2.05) is 0 Å². The fourth-order valence-electron chi connectivity index (χ4n) is 2.24. The summed E-state index contributed by atoms with van der Waals surface area (Å²) in [6.07, 6.45) is 0.0956. The van der Waals surface area contributed by atoms with Crippen molar-refractivity contribution in [2.45, 2.75) is 26.3 Å². The smallest absolute Gasteiger partial charge is 0.363 e. The molecule has 0 saturated carbocycles. The summed E-state index contributed by atoms with van der Waals surface area (Å²) in [4.78, 5) is 11.3. The Kier molecular flexibility index (Phi) is 4.72. The van der Waals surface area contributed by atoms with Crippen molar-refractivity contribution in [2.24, 2.45) is 5.41 Å². The maximum atomic E-state index is 11.3. The van der Waals surface area contributed by atoms with Crippen LogP contribution in [0.4, 0.5) is 0 Å². The lowest BCUT2D eigenvalue weighted by atomic mass is 9.80. The van der Waals surface area contributed by atoms with Crippen LogP contribution >= 0.6 is 0 Å². The summed E-state index contributed by atoms with van der Waals surface area (Å²) in [6, 6.07) is -0.746. The van der Waals surface area contributed by atoms with Crippen LogP contribution < -0.4 is 0 Å². The molecule has 102 valence electrons. The lowest BCUT2D eigenvalue weighted by molar-refractivity contribution is -0.894. The van der Waals surface area contributed by atoms with Gasteiger partial charge in [-0.15, -0.1) is 0 Å². The summed E-state index contributed by atoms with van der Waals surface area (Å²) in [5, 5.41) is 9.25. The first-order valence-corrected chi connectivity index (χ1v) is 6.87. The molecule has 0 aliphatic rings. The van der Waals surface area contributed by atoms with Crippen molar-refractivity contribution < 1.29 is 27.4 Å². The molecule has 0 aromatic carbocycles. The van der Waals surface area contributed by atoms with Gasteiger partial charge in [0.1, 0.15) is 0 Å². The lowest BCUT2D eigenvalue weighted by Gasteiger charge is -2.40. The minimum absolute atomic E-state index is 0.0956. The summed E-state index contributed by atoms with van der Waals surface area (Å²) < 4.78 is 30.4. The van der Waals surface area contributed by atoms with Crippen LogP contribution in [0.5, 0.6) is 0 Å². The first kappa shape index (κ1) is 16.3. The SMILES string of the molecule is CC(C)(CCS(=O)(=O)O)C(C(=O)O)[N+](C)(C)C. The molecule has 7 heteroatoms. The summed E-state index contributed by atoms with van der Waals surface area (Å²) in [6.45, 7) is 3.39. The Balaban J connectivity index is 5.05. The molecule has 0 rings (SSSR count). The zero-order chi connectivity index (χ0) is 14.1. The minimum atomic E-state index is -4.06. The molecule has 1 atom stereocenters. The van der Waals surface area contributed by atoms with Gasteiger partial charge in [-0.3, -0.25) is 4.55 Å².